The second-order valence-electron chi connectivity index (χ2n) is 3.99. The summed E-state index contributed by atoms with van der Waals surface area (Å²) in [6, 6.07) is 0. The molecule has 0 radical (unpaired) electrons. The van der Waals surface area contributed by atoms with E-state index in [2.05, 4.69) is 10.1 Å². The van der Waals surface area contributed by atoms with Gasteiger partial charge in [-0.3, -0.25) is 9.59 Å². The van der Waals surface area contributed by atoms with Crippen molar-refractivity contribution in [2.75, 3.05) is 13.7 Å². The van der Waals surface area contributed by atoms with Gasteiger partial charge in [-0.25, -0.2) is 0 Å². The number of ether oxygens (including phenoxy) is 1. The molecule has 0 aromatic carbocycles. The zero-order valence-corrected chi connectivity index (χ0v) is 8.87. The first-order valence-corrected chi connectivity index (χ1v) is 4.93. The lowest BCUT2D eigenvalue weighted by Crippen LogP contribution is -2.47. The average molecular weight is 199 g/mol. The molecule has 1 amide bonds. The summed E-state index contributed by atoms with van der Waals surface area (Å²) in [4.78, 5) is 22.9. The zero-order chi connectivity index (χ0) is 10.7. The molecule has 0 aromatic heterocycles. The predicted molar refractivity (Wildman–Crippen MR) is 51.5 cm³/mol. The maximum atomic E-state index is 11.5. The lowest BCUT2D eigenvalue weighted by atomic mass is 9.78. The third kappa shape index (κ3) is 2.05. The maximum absolute atomic E-state index is 11.5. The van der Waals surface area contributed by atoms with E-state index in [0.29, 0.717) is 12.5 Å². The van der Waals surface area contributed by atoms with Gasteiger partial charge in [0.15, 0.2) is 0 Å². The van der Waals surface area contributed by atoms with Gasteiger partial charge in [0, 0.05) is 6.54 Å². The standard InChI is InChI=1S/C10H17NO3/c1-6(2)7-4-5-11-9(12)8(7)10(13)14-3/h6-8H,4-5H2,1-3H3,(H,11,12). The van der Waals surface area contributed by atoms with Crippen LogP contribution in [0.4, 0.5) is 0 Å². The third-order valence-electron chi connectivity index (χ3n) is 2.80. The minimum absolute atomic E-state index is 0.108. The summed E-state index contributed by atoms with van der Waals surface area (Å²) in [6.45, 7) is 4.72. The lowest BCUT2D eigenvalue weighted by molar-refractivity contribution is -0.154. The molecule has 2 unspecified atom stereocenters. The highest BCUT2D eigenvalue weighted by Gasteiger charge is 2.39. The third-order valence-corrected chi connectivity index (χ3v) is 2.80. The quantitative estimate of drug-likeness (QED) is 0.522. The van der Waals surface area contributed by atoms with Gasteiger partial charge >= 0.3 is 5.97 Å². The number of nitrogens with one attached hydrogen (secondary N) is 1. The van der Waals surface area contributed by atoms with E-state index in [-0.39, 0.29) is 11.8 Å². The van der Waals surface area contributed by atoms with Gasteiger partial charge in [0.25, 0.3) is 0 Å². The first kappa shape index (κ1) is 11.0. The van der Waals surface area contributed by atoms with Gasteiger partial charge in [0.1, 0.15) is 5.92 Å². The monoisotopic (exact) mass is 199 g/mol. The van der Waals surface area contributed by atoms with Crippen molar-refractivity contribution >= 4 is 11.9 Å². The van der Waals surface area contributed by atoms with Gasteiger partial charge < -0.3 is 10.1 Å². The lowest BCUT2D eigenvalue weighted by Gasteiger charge is -2.31. The van der Waals surface area contributed by atoms with Gasteiger partial charge in [-0.05, 0) is 18.3 Å². The molecule has 4 nitrogen and oxygen atoms in total. The molecule has 80 valence electrons. The molecule has 4 heteroatoms. The average Bonchev–Trinajstić information content (AvgIpc) is 2.16. The molecule has 0 bridgehead atoms. The number of carbonyl (C=O) groups is 2. The van der Waals surface area contributed by atoms with E-state index >= 15 is 0 Å². The van der Waals surface area contributed by atoms with Crippen LogP contribution in [-0.2, 0) is 14.3 Å². The fourth-order valence-corrected chi connectivity index (χ4v) is 1.96. The van der Waals surface area contributed by atoms with Crippen LogP contribution in [0.3, 0.4) is 0 Å². The van der Waals surface area contributed by atoms with Crippen LogP contribution in [0.5, 0.6) is 0 Å². The topological polar surface area (TPSA) is 55.4 Å². The number of carbonyl (C=O) groups excluding carboxylic acids is 2. The summed E-state index contributed by atoms with van der Waals surface area (Å²) in [5, 5.41) is 2.69. The Kier molecular flexibility index (Phi) is 3.49. The molecule has 1 heterocycles. The molecule has 1 aliphatic rings. The molecule has 1 fully saturated rings. The number of methoxy groups -OCH3 is 1. The van der Waals surface area contributed by atoms with Crippen molar-refractivity contribution < 1.29 is 14.3 Å². The number of amides is 1. The van der Waals surface area contributed by atoms with Gasteiger partial charge in [0.2, 0.25) is 5.91 Å². The van der Waals surface area contributed by atoms with Crippen LogP contribution in [0, 0.1) is 17.8 Å². The second kappa shape index (κ2) is 4.44. The number of esters is 1. The molecule has 2 atom stereocenters. The Morgan fingerprint density at radius 3 is 2.71 bits per heavy atom. The zero-order valence-electron chi connectivity index (χ0n) is 8.87. The highest BCUT2D eigenvalue weighted by atomic mass is 16.5. The van der Waals surface area contributed by atoms with E-state index < -0.39 is 11.9 Å². The van der Waals surface area contributed by atoms with Crippen LogP contribution in [0.15, 0.2) is 0 Å². The first-order chi connectivity index (χ1) is 6.57. The van der Waals surface area contributed by atoms with E-state index in [1.54, 1.807) is 0 Å². The Hall–Kier alpha value is -1.06. The molecule has 1 N–H and O–H groups in total. The number of hydrogen-bond donors (Lipinski definition) is 1. The Bertz CT molecular complexity index is 230. The van der Waals surface area contributed by atoms with Gasteiger partial charge in [0.05, 0.1) is 7.11 Å². The predicted octanol–water partition coefficient (Wildman–Crippen LogP) is 0.568. The Morgan fingerprint density at radius 1 is 1.57 bits per heavy atom. The van der Waals surface area contributed by atoms with Crippen LogP contribution < -0.4 is 5.32 Å². The molecule has 0 saturated carbocycles. The molecular formula is C10H17NO3. The van der Waals surface area contributed by atoms with Crippen molar-refractivity contribution in [1.82, 2.24) is 5.32 Å². The van der Waals surface area contributed by atoms with E-state index in [1.807, 2.05) is 13.8 Å². The van der Waals surface area contributed by atoms with Crippen molar-refractivity contribution in [1.29, 1.82) is 0 Å². The summed E-state index contributed by atoms with van der Waals surface area (Å²) in [6.07, 6.45) is 0.850. The largest absolute Gasteiger partial charge is 0.468 e. The fourth-order valence-electron chi connectivity index (χ4n) is 1.96. The molecule has 0 aromatic rings. The van der Waals surface area contributed by atoms with Crippen molar-refractivity contribution in [2.24, 2.45) is 17.8 Å². The molecule has 1 rings (SSSR count). The van der Waals surface area contributed by atoms with Crippen molar-refractivity contribution in [2.45, 2.75) is 20.3 Å². The molecule has 14 heavy (non-hydrogen) atoms. The van der Waals surface area contributed by atoms with Crippen molar-refractivity contribution in [3.63, 3.8) is 0 Å². The Morgan fingerprint density at radius 2 is 2.21 bits per heavy atom. The molecule has 0 spiro atoms. The summed E-state index contributed by atoms with van der Waals surface area (Å²) in [5.41, 5.74) is 0. The summed E-state index contributed by atoms with van der Waals surface area (Å²) in [7, 11) is 1.32. The number of hydrogen-bond acceptors (Lipinski definition) is 3. The fraction of sp³-hybridized carbons (Fsp3) is 0.800. The summed E-state index contributed by atoms with van der Waals surface area (Å²) in [5.74, 6) is -0.794. The number of piperidine rings is 1. The van der Waals surface area contributed by atoms with Crippen molar-refractivity contribution in [3.8, 4) is 0 Å². The molecule has 1 saturated heterocycles. The van der Waals surface area contributed by atoms with Gasteiger partial charge in [-0.15, -0.1) is 0 Å². The Labute approximate surface area is 84.0 Å². The summed E-state index contributed by atoms with van der Waals surface area (Å²) >= 11 is 0. The normalized spacial score (nSPS) is 27.3. The van der Waals surface area contributed by atoms with Gasteiger partial charge in [-0.2, -0.15) is 0 Å². The van der Waals surface area contributed by atoms with E-state index in [9.17, 15) is 9.59 Å². The summed E-state index contributed by atoms with van der Waals surface area (Å²) < 4.78 is 4.64. The maximum Gasteiger partial charge on any atom is 0.318 e. The minimum Gasteiger partial charge on any atom is -0.468 e. The first-order valence-electron chi connectivity index (χ1n) is 4.93. The van der Waals surface area contributed by atoms with Crippen LogP contribution >= 0.6 is 0 Å². The van der Waals surface area contributed by atoms with Crippen molar-refractivity contribution in [3.05, 3.63) is 0 Å². The van der Waals surface area contributed by atoms with E-state index in [1.165, 1.54) is 7.11 Å². The SMILES string of the molecule is COC(=O)C1C(=O)NCCC1C(C)C. The van der Waals surface area contributed by atoms with E-state index in [0.717, 1.165) is 6.42 Å². The minimum atomic E-state index is -0.617. The molecule has 0 aliphatic carbocycles. The Balaban J connectivity index is 2.81. The van der Waals surface area contributed by atoms with Crippen LogP contribution in [0.1, 0.15) is 20.3 Å². The number of rotatable bonds is 2. The second-order valence-corrected chi connectivity index (χ2v) is 3.99. The highest BCUT2D eigenvalue weighted by molar-refractivity contribution is 5.98. The van der Waals surface area contributed by atoms with Crippen LogP contribution in [0.2, 0.25) is 0 Å². The molecule has 1 aliphatic heterocycles. The smallest absolute Gasteiger partial charge is 0.318 e. The van der Waals surface area contributed by atoms with E-state index in [4.69, 9.17) is 0 Å². The van der Waals surface area contributed by atoms with Crippen LogP contribution in [-0.4, -0.2) is 25.5 Å². The highest BCUT2D eigenvalue weighted by Crippen LogP contribution is 2.28. The van der Waals surface area contributed by atoms with Crippen LogP contribution in [0.25, 0.3) is 0 Å². The van der Waals surface area contributed by atoms with Gasteiger partial charge in [-0.1, -0.05) is 13.8 Å². The molecular weight excluding hydrogens is 182 g/mol.